The molecule has 2 aromatic rings. The van der Waals surface area contributed by atoms with Crippen molar-refractivity contribution < 1.29 is 28.6 Å². The molecule has 0 saturated carbocycles. The second-order valence-electron chi connectivity index (χ2n) is 7.82. The van der Waals surface area contributed by atoms with E-state index in [1.54, 1.807) is 18.2 Å². The van der Waals surface area contributed by atoms with E-state index < -0.39 is 17.6 Å². The number of carbonyl (C=O) groups is 2. The van der Waals surface area contributed by atoms with Crippen LogP contribution < -0.4 is 20.9 Å². The maximum atomic E-state index is 13.7. The van der Waals surface area contributed by atoms with E-state index in [1.165, 1.54) is 31.0 Å². The minimum atomic E-state index is -0.779. The molecule has 0 aliphatic carbocycles. The van der Waals surface area contributed by atoms with Gasteiger partial charge in [-0.05, 0) is 37.1 Å². The Morgan fingerprint density at radius 2 is 1.24 bits per heavy atom. The molecule has 0 aliphatic heterocycles. The van der Waals surface area contributed by atoms with Crippen LogP contribution in [0.4, 0.5) is 4.39 Å². The van der Waals surface area contributed by atoms with Crippen molar-refractivity contribution in [3.8, 4) is 17.2 Å². The van der Waals surface area contributed by atoms with E-state index in [9.17, 15) is 19.1 Å². The number of primary amides is 2. The molecule has 0 unspecified atom stereocenters. The molecular formula is C26H37FN2O5. The third-order valence-electron chi connectivity index (χ3n) is 5.00. The Morgan fingerprint density at radius 3 is 1.74 bits per heavy atom. The monoisotopic (exact) mass is 476 g/mol. The summed E-state index contributed by atoms with van der Waals surface area (Å²) < 4.78 is 24.4. The number of amides is 2. The molecule has 0 spiro atoms. The lowest BCUT2D eigenvalue weighted by atomic mass is 10.2. The molecule has 0 saturated heterocycles. The van der Waals surface area contributed by atoms with Crippen molar-refractivity contribution in [2.75, 3.05) is 13.2 Å². The van der Waals surface area contributed by atoms with Gasteiger partial charge in [0.1, 0.15) is 0 Å². The van der Waals surface area contributed by atoms with Crippen molar-refractivity contribution >= 4 is 11.8 Å². The van der Waals surface area contributed by atoms with Crippen molar-refractivity contribution in [1.82, 2.24) is 0 Å². The lowest BCUT2D eigenvalue weighted by Crippen LogP contribution is -2.14. The Bertz CT molecular complexity index is 831. The first-order chi connectivity index (χ1) is 16.3. The lowest BCUT2D eigenvalue weighted by Gasteiger charge is -2.09. The summed E-state index contributed by atoms with van der Waals surface area (Å²) in [5.74, 6) is -1.86. The summed E-state index contributed by atoms with van der Waals surface area (Å²) in [6.07, 6.45) is 8.63. The zero-order valence-electron chi connectivity index (χ0n) is 20.1. The summed E-state index contributed by atoms with van der Waals surface area (Å²) in [5.41, 5.74) is 10.1. The normalized spacial score (nSPS) is 10.2. The number of benzene rings is 2. The second kappa shape index (κ2) is 16.3. The average Bonchev–Trinajstić information content (AvgIpc) is 2.81. The quantitative estimate of drug-likeness (QED) is 0.318. The molecule has 188 valence electrons. The molecule has 0 bridgehead atoms. The van der Waals surface area contributed by atoms with Gasteiger partial charge in [0.2, 0.25) is 0 Å². The summed E-state index contributed by atoms with van der Waals surface area (Å²) in [7, 11) is 0. The van der Waals surface area contributed by atoms with Crippen LogP contribution in [0.1, 0.15) is 85.9 Å². The number of halogens is 1. The molecule has 0 radical (unpaired) electrons. The van der Waals surface area contributed by atoms with Crippen LogP contribution in [-0.4, -0.2) is 30.1 Å². The van der Waals surface area contributed by atoms with Gasteiger partial charge in [0, 0.05) is 0 Å². The standard InChI is InChI=1S/C13H18FNO2.C13H19NO3/c1-2-3-4-5-9-17-11-8-6-7-10(12(11)14)13(15)16;1-2-3-4-5-9-17-11-8-6-7-10(12(11)15)13(14)16/h6-8H,2-5,9H2,1H3,(H2,15,16);6-8,15H,2-5,9H2,1H3,(H2,14,16). The minimum Gasteiger partial charge on any atom is -0.504 e. The van der Waals surface area contributed by atoms with E-state index in [-0.39, 0.29) is 22.6 Å². The Morgan fingerprint density at radius 1 is 0.765 bits per heavy atom. The number of carbonyl (C=O) groups excluding carboxylic acids is 2. The zero-order valence-corrected chi connectivity index (χ0v) is 20.1. The van der Waals surface area contributed by atoms with Gasteiger partial charge >= 0.3 is 0 Å². The first-order valence-corrected chi connectivity index (χ1v) is 11.8. The van der Waals surface area contributed by atoms with Gasteiger partial charge in [-0.15, -0.1) is 0 Å². The first-order valence-electron chi connectivity index (χ1n) is 11.8. The zero-order chi connectivity index (χ0) is 25.3. The second-order valence-corrected chi connectivity index (χ2v) is 7.82. The SMILES string of the molecule is CCCCCCOc1cccc(C(N)=O)c1F.CCCCCCOc1cccc(C(N)=O)c1O. The largest absolute Gasteiger partial charge is 0.504 e. The summed E-state index contributed by atoms with van der Waals surface area (Å²) in [4.78, 5) is 21.9. The number of aromatic hydroxyl groups is 1. The Labute approximate surface area is 201 Å². The van der Waals surface area contributed by atoms with Gasteiger partial charge < -0.3 is 26.0 Å². The van der Waals surface area contributed by atoms with Crippen LogP contribution in [0, 0.1) is 5.82 Å². The van der Waals surface area contributed by atoms with Gasteiger partial charge in [-0.2, -0.15) is 0 Å². The van der Waals surface area contributed by atoms with E-state index in [4.69, 9.17) is 20.9 Å². The molecule has 7 nitrogen and oxygen atoms in total. The van der Waals surface area contributed by atoms with Crippen LogP contribution in [0.2, 0.25) is 0 Å². The Hall–Kier alpha value is -3.29. The topological polar surface area (TPSA) is 125 Å². The minimum absolute atomic E-state index is 0.0936. The van der Waals surface area contributed by atoms with Crippen LogP contribution in [0.15, 0.2) is 36.4 Å². The van der Waals surface area contributed by atoms with E-state index >= 15 is 0 Å². The summed E-state index contributed by atoms with van der Waals surface area (Å²) in [6.45, 7) is 5.26. The number of para-hydroxylation sites is 1. The number of nitrogens with two attached hydrogens (primary N) is 2. The van der Waals surface area contributed by atoms with Crippen LogP contribution in [0.25, 0.3) is 0 Å². The highest BCUT2D eigenvalue weighted by Gasteiger charge is 2.13. The average molecular weight is 477 g/mol. The van der Waals surface area contributed by atoms with E-state index in [1.807, 2.05) is 0 Å². The fraction of sp³-hybridized carbons (Fsp3) is 0.462. The van der Waals surface area contributed by atoms with Crippen molar-refractivity contribution in [1.29, 1.82) is 0 Å². The highest BCUT2D eigenvalue weighted by Crippen LogP contribution is 2.29. The third kappa shape index (κ3) is 10.1. The molecule has 5 N–H and O–H groups in total. The molecule has 2 amide bonds. The molecule has 0 aliphatic rings. The fourth-order valence-corrected chi connectivity index (χ4v) is 3.07. The van der Waals surface area contributed by atoms with E-state index in [0.29, 0.717) is 19.0 Å². The van der Waals surface area contributed by atoms with Crippen LogP contribution in [-0.2, 0) is 0 Å². The van der Waals surface area contributed by atoms with E-state index in [0.717, 1.165) is 38.5 Å². The first kappa shape index (κ1) is 28.7. The molecule has 8 heteroatoms. The van der Waals surface area contributed by atoms with Gasteiger partial charge in [0.05, 0.1) is 24.3 Å². The van der Waals surface area contributed by atoms with Crippen molar-refractivity contribution in [2.24, 2.45) is 11.5 Å². The maximum absolute atomic E-state index is 13.7. The predicted octanol–water partition coefficient (Wildman–Crippen LogP) is 5.33. The van der Waals surface area contributed by atoms with E-state index in [2.05, 4.69) is 13.8 Å². The van der Waals surface area contributed by atoms with Crippen LogP contribution in [0.5, 0.6) is 17.2 Å². The fourth-order valence-electron chi connectivity index (χ4n) is 3.07. The highest BCUT2D eigenvalue weighted by atomic mass is 19.1. The molecule has 2 rings (SSSR count). The van der Waals surface area contributed by atoms with Crippen molar-refractivity contribution in [2.45, 2.75) is 65.2 Å². The van der Waals surface area contributed by atoms with Gasteiger partial charge in [-0.3, -0.25) is 9.59 Å². The molecule has 0 fully saturated rings. The smallest absolute Gasteiger partial charge is 0.252 e. The Kier molecular flexibility index (Phi) is 13.8. The van der Waals surface area contributed by atoms with Gasteiger partial charge in [-0.1, -0.05) is 64.5 Å². The number of unbranched alkanes of at least 4 members (excludes halogenated alkanes) is 6. The molecule has 0 atom stereocenters. The Balaban J connectivity index is 0.000000340. The van der Waals surface area contributed by atoms with Crippen LogP contribution in [0.3, 0.4) is 0 Å². The van der Waals surface area contributed by atoms with Gasteiger partial charge in [0.15, 0.2) is 23.1 Å². The summed E-state index contributed by atoms with van der Waals surface area (Å²) in [6, 6.07) is 9.15. The van der Waals surface area contributed by atoms with Crippen LogP contribution >= 0.6 is 0 Å². The predicted molar refractivity (Wildman–Crippen MR) is 131 cm³/mol. The molecular weight excluding hydrogens is 439 g/mol. The number of ether oxygens (including phenoxy) is 2. The van der Waals surface area contributed by atoms with Gasteiger partial charge in [0.25, 0.3) is 11.8 Å². The van der Waals surface area contributed by atoms with Crippen molar-refractivity contribution in [3.05, 3.63) is 53.3 Å². The third-order valence-corrected chi connectivity index (χ3v) is 5.00. The summed E-state index contributed by atoms with van der Waals surface area (Å²) >= 11 is 0. The number of rotatable bonds is 14. The molecule has 0 aromatic heterocycles. The number of phenols is 1. The number of hydrogen-bond acceptors (Lipinski definition) is 5. The molecule has 2 aromatic carbocycles. The number of hydrogen-bond donors (Lipinski definition) is 3. The summed E-state index contributed by atoms with van der Waals surface area (Å²) in [5, 5.41) is 9.74. The highest BCUT2D eigenvalue weighted by molar-refractivity contribution is 5.96. The van der Waals surface area contributed by atoms with Gasteiger partial charge in [-0.25, -0.2) is 4.39 Å². The molecule has 34 heavy (non-hydrogen) atoms. The lowest BCUT2D eigenvalue weighted by molar-refractivity contribution is 0.0987. The molecule has 0 heterocycles. The van der Waals surface area contributed by atoms with Crippen molar-refractivity contribution in [3.63, 3.8) is 0 Å². The maximum Gasteiger partial charge on any atom is 0.252 e.